The largest absolute Gasteiger partial charge is 0.339 e. The summed E-state index contributed by atoms with van der Waals surface area (Å²) in [5, 5.41) is 0. The minimum atomic E-state index is -0.343. The van der Waals surface area contributed by atoms with E-state index in [9.17, 15) is 4.79 Å². The van der Waals surface area contributed by atoms with Gasteiger partial charge in [0.05, 0.1) is 6.04 Å². The molecule has 0 heterocycles. The zero-order valence-corrected chi connectivity index (χ0v) is 12.2. The monoisotopic (exact) mass is 242 g/mol. The van der Waals surface area contributed by atoms with Gasteiger partial charge in [-0.25, -0.2) is 0 Å². The van der Waals surface area contributed by atoms with Crippen molar-refractivity contribution in [3.8, 4) is 0 Å². The summed E-state index contributed by atoms with van der Waals surface area (Å²) in [5.41, 5.74) is 6.02. The molecule has 0 radical (unpaired) electrons. The van der Waals surface area contributed by atoms with Crippen LogP contribution in [-0.2, 0) is 4.79 Å². The minimum Gasteiger partial charge on any atom is -0.339 e. The molecule has 0 aromatic heterocycles. The van der Waals surface area contributed by atoms with Crippen LogP contribution < -0.4 is 5.73 Å². The van der Waals surface area contributed by atoms with Gasteiger partial charge in [-0.2, -0.15) is 0 Å². The summed E-state index contributed by atoms with van der Waals surface area (Å²) in [4.78, 5) is 14.2. The summed E-state index contributed by atoms with van der Waals surface area (Å²) in [6, 6.07) is -0.0986. The van der Waals surface area contributed by atoms with Crippen LogP contribution in [0.25, 0.3) is 0 Å². The Bertz CT molecular complexity index is 216. The average molecular weight is 242 g/mol. The highest BCUT2D eigenvalue weighted by Gasteiger charge is 2.26. The Hall–Kier alpha value is -0.570. The maximum atomic E-state index is 12.3. The maximum absolute atomic E-state index is 12.3. The van der Waals surface area contributed by atoms with E-state index in [4.69, 9.17) is 5.73 Å². The molecule has 2 atom stereocenters. The van der Waals surface area contributed by atoms with Crippen LogP contribution in [0.1, 0.15) is 60.3 Å². The maximum Gasteiger partial charge on any atom is 0.239 e. The summed E-state index contributed by atoms with van der Waals surface area (Å²) in [7, 11) is 0. The van der Waals surface area contributed by atoms with Gasteiger partial charge in [-0.3, -0.25) is 4.79 Å². The number of carbonyl (C=O) groups is 1. The molecule has 3 heteroatoms. The highest BCUT2D eigenvalue weighted by atomic mass is 16.2. The molecule has 1 amide bonds. The molecule has 0 aliphatic carbocycles. The Morgan fingerprint density at radius 3 is 2.18 bits per heavy atom. The second kappa shape index (κ2) is 8.51. The third-order valence-electron chi connectivity index (χ3n) is 3.45. The van der Waals surface area contributed by atoms with Crippen molar-refractivity contribution in [3.63, 3.8) is 0 Å². The van der Waals surface area contributed by atoms with E-state index < -0.39 is 0 Å². The number of amides is 1. The van der Waals surface area contributed by atoms with Crippen molar-refractivity contribution >= 4 is 5.91 Å². The molecule has 0 aromatic rings. The van der Waals surface area contributed by atoms with Gasteiger partial charge in [0.25, 0.3) is 0 Å². The second-order valence-electron chi connectivity index (χ2n) is 5.24. The lowest BCUT2D eigenvalue weighted by atomic mass is 9.98. The molecule has 17 heavy (non-hydrogen) atoms. The fraction of sp³-hybridized carbons (Fsp3) is 0.929. The van der Waals surface area contributed by atoms with Crippen LogP contribution in [0, 0.1) is 5.92 Å². The Morgan fingerprint density at radius 1 is 1.18 bits per heavy atom. The van der Waals surface area contributed by atoms with E-state index >= 15 is 0 Å². The van der Waals surface area contributed by atoms with Gasteiger partial charge in [-0.1, -0.05) is 40.0 Å². The van der Waals surface area contributed by atoms with Crippen molar-refractivity contribution in [2.24, 2.45) is 11.7 Å². The van der Waals surface area contributed by atoms with Crippen LogP contribution in [0.4, 0.5) is 0 Å². The highest BCUT2D eigenvalue weighted by molar-refractivity contribution is 5.82. The van der Waals surface area contributed by atoms with E-state index in [0.717, 1.165) is 19.4 Å². The SMILES string of the molecule is CCCCCN(C(=O)[C@@H](N)[C@@H](C)CC)C(C)C. The molecular weight excluding hydrogens is 212 g/mol. The molecule has 0 saturated heterocycles. The number of hydrogen-bond donors (Lipinski definition) is 1. The number of rotatable bonds is 8. The first-order valence-corrected chi connectivity index (χ1v) is 7.01. The summed E-state index contributed by atoms with van der Waals surface area (Å²) in [6.45, 7) is 11.3. The zero-order valence-electron chi connectivity index (χ0n) is 12.2. The Balaban J connectivity index is 4.43. The van der Waals surface area contributed by atoms with Crippen molar-refractivity contribution in [3.05, 3.63) is 0 Å². The molecule has 0 aromatic carbocycles. The van der Waals surface area contributed by atoms with Gasteiger partial charge in [-0.05, 0) is 26.2 Å². The molecule has 102 valence electrons. The summed E-state index contributed by atoms with van der Waals surface area (Å²) >= 11 is 0. The molecule has 0 bridgehead atoms. The van der Waals surface area contributed by atoms with Crippen LogP contribution >= 0.6 is 0 Å². The van der Waals surface area contributed by atoms with E-state index in [1.807, 2.05) is 11.8 Å². The third-order valence-corrected chi connectivity index (χ3v) is 3.45. The predicted molar refractivity (Wildman–Crippen MR) is 73.8 cm³/mol. The van der Waals surface area contributed by atoms with Crippen molar-refractivity contribution in [2.45, 2.75) is 72.4 Å². The lowest BCUT2D eigenvalue weighted by Crippen LogP contribution is -2.49. The van der Waals surface area contributed by atoms with E-state index in [-0.39, 0.29) is 23.9 Å². The summed E-state index contributed by atoms with van der Waals surface area (Å²) in [6.07, 6.45) is 4.38. The quantitative estimate of drug-likeness (QED) is 0.665. The van der Waals surface area contributed by atoms with Gasteiger partial charge in [0, 0.05) is 12.6 Å². The topological polar surface area (TPSA) is 46.3 Å². The van der Waals surface area contributed by atoms with E-state index in [1.165, 1.54) is 12.8 Å². The first-order valence-electron chi connectivity index (χ1n) is 7.01. The first kappa shape index (κ1) is 16.4. The first-order chi connectivity index (χ1) is 7.95. The molecule has 0 spiro atoms. The lowest BCUT2D eigenvalue weighted by molar-refractivity contribution is -0.135. The number of hydrogen-bond acceptors (Lipinski definition) is 2. The molecule has 2 N–H and O–H groups in total. The van der Waals surface area contributed by atoms with Gasteiger partial charge in [-0.15, -0.1) is 0 Å². The van der Waals surface area contributed by atoms with Crippen LogP contribution in [0.2, 0.25) is 0 Å². The summed E-state index contributed by atoms with van der Waals surface area (Å²) in [5.74, 6) is 0.375. The van der Waals surface area contributed by atoms with Crippen LogP contribution in [-0.4, -0.2) is 29.4 Å². The normalized spacial score (nSPS) is 14.8. The molecule has 0 fully saturated rings. The number of unbranched alkanes of at least 4 members (excludes halogenated alkanes) is 2. The summed E-state index contributed by atoms with van der Waals surface area (Å²) < 4.78 is 0. The van der Waals surface area contributed by atoms with Crippen LogP contribution in [0.15, 0.2) is 0 Å². The zero-order chi connectivity index (χ0) is 13.4. The lowest BCUT2D eigenvalue weighted by Gasteiger charge is -2.31. The Morgan fingerprint density at radius 2 is 1.76 bits per heavy atom. The van der Waals surface area contributed by atoms with Gasteiger partial charge >= 0.3 is 0 Å². The van der Waals surface area contributed by atoms with Crippen LogP contribution in [0.5, 0.6) is 0 Å². The fourth-order valence-corrected chi connectivity index (χ4v) is 1.84. The number of nitrogens with two attached hydrogens (primary N) is 1. The van der Waals surface area contributed by atoms with Crippen molar-refractivity contribution in [1.29, 1.82) is 0 Å². The van der Waals surface area contributed by atoms with E-state index in [0.29, 0.717) is 0 Å². The van der Waals surface area contributed by atoms with Crippen LogP contribution in [0.3, 0.4) is 0 Å². The van der Waals surface area contributed by atoms with E-state index in [1.54, 1.807) is 0 Å². The minimum absolute atomic E-state index is 0.116. The fourth-order valence-electron chi connectivity index (χ4n) is 1.84. The average Bonchev–Trinajstić information content (AvgIpc) is 2.31. The Kier molecular flexibility index (Phi) is 8.23. The number of carbonyl (C=O) groups excluding carboxylic acids is 1. The van der Waals surface area contributed by atoms with Gasteiger partial charge in [0.1, 0.15) is 0 Å². The molecule has 0 saturated carbocycles. The molecule has 0 aliphatic rings. The standard InChI is InChI=1S/C14H30N2O/c1-6-8-9-10-16(11(3)4)14(17)13(15)12(5)7-2/h11-13H,6-10,15H2,1-5H3/t12-,13-/m0/s1. The van der Waals surface area contributed by atoms with E-state index in [2.05, 4.69) is 27.7 Å². The molecular formula is C14H30N2O. The van der Waals surface area contributed by atoms with Crippen molar-refractivity contribution in [2.75, 3.05) is 6.54 Å². The van der Waals surface area contributed by atoms with Gasteiger partial charge in [0.15, 0.2) is 0 Å². The smallest absolute Gasteiger partial charge is 0.239 e. The van der Waals surface area contributed by atoms with Crippen molar-refractivity contribution in [1.82, 2.24) is 4.90 Å². The molecule has 3 nitrogen and oxygen atoms in total. The highest BCUT2D eigenvalue weighted by Crippen LogP contribution is 2.12. The molecule has 0 unspecified atom stereocenters. The predicted octanol–water partition coefficient (Wildman–Crippen LogP) is 2.79. The van der Waals surface area contributed by atoms with Crippen molar-refractivity contribution < 1.29 is 4.79 Å². The van der Waals surface area contributed by atoms with Gasteiger partial charge in [0.2, 0.25) is 5.91 Å². The number of nitrogens with zero attached hydrogens (tertiary/aromatic N) is 1. The molecule has 0 rings (SSSR count). The second-order valence-corrected chi connectivity index (χ2v) is 5.24. The van der Waals surface area contributed by atoms with Gasteiger partial charge < -0.3 is 10.6 Å². The molecule has 0 aliphatic heterocycles. The Labute approximate surface area is 107 Å². The third kappa shape index (κ3) is 5.53.